The number of rotatable bonds is 10. The Morgan fingerprint density at radius 3 is 2.06 bits per heavy atom. The maximum atomic E-state index is 11.3. The van der Waals surface area contributed by atoms with Crippen LogP contribution in [0.4, 0.5) is 0 Å². The Balaban J connectivity index is 4.74. The summed E-state index contributed by atoms with van der Waals surface area (Å²) in [5.74, 6) is -0.416. The molecular formula is C13H26O4Si. The lowest BCUT2D eigenvalue weighted by atomic mass is 10.5. The highest BCUT2D eigenvalue weighted by Gasteiger charge is 2.43. The molecule has 4 nitrogen and oxygen atoms in total. The molecule has 0 N–H and O–H groups in total. The Morgan fingerprint density at radius 1 is 1.22 bits per heavy atom. The number of hydrogen-bond acceptors (Lipinski definition) is 4. The zero-order chi connectivity index (χ0) is 14.0. The van der Waals surface area contributed by atoms with Gasteiger partial charge in [0, 0.05) is 19.3 Å². The van der Waals surface area contributed by atoms with Gasteiger partial charge in [-0.25, -0.2) is 4.79 Å². The van der Waals surface area contributed by atoms with Crippen molar-refractivity contribution in [2.45, 2.75) is 52.3 Å². The van der Waals surface area contributed by atoms with Crippen molar-refractivity contribution in [3.05, 3.63) is 12.7 Å². The Morgan fingerprint density at radius 2 is 1.72 bits per heavy atom. The van der Waals surface area contributed by atoms with E-state index in [1.807, 2.05) is 27.3 Å². The minimum absolute atomic E-state index is 0.291. The molecular weight excluding hydrogens is 248 g/mol. The van der Waals surface area contributed by atoms with Gasteiger partial charge < -0.3 is 13.6 Å². The molecule has 1 unspecified atom stereocenters. The molecule has 0 fully saturated rings. The molecule has 0 aromatic rings. The Kier molecular flexibility index (Phi) is 8.96. The van der Waals surface area contributed by atoms with Crippen molar-refractivity contribution >= 4 is 14.5 Å². The molecule has 0 aliphatic rings. The highest BCUT2D eigenvalue weighted by atomic mass is 28.4. The number of hydrogen-bond donors (Lipinski definition) is 0. The molecule has 18 heavy (non-hydrogen) atoms. The molecule has 0 aromatic heterocycles. The van der Waals surface area contributed by atoms with E-state index >= 15 is 0 Å². The van der Waals surface area contributed by atoms with Gasteiger partial charge in [0.1, 0.15) is 5.73 Å². The summed E-state index contributed by atoms with van der Waals surface area (Å²) in [5, 5.41) is 0. The van der Waals surface area contributed by atoms with Crippen LogP contribution in [0.5, 0.6) is 0 Å². The van der Waals surface area contributed by atoms with E-state index in [-0.39, 0.29) is 5.73 Å². The van der Waals surface area contributed by atoms with Crippen molar-refractivity contribution in [2.75, 3.05) is 13.2 Å². The first-order chi connectivity index (χ1) is 8.53. The third kappa shape index (κ3) is 5.80. The van der Waals surface area contributed by atoms with Gasteiger partial charge in [0.25, 0.3) is 0 Å². The van der Waals surface area contributed by atoms with Crippen molar-refractivity contribution in [1.29, 1.82) is 0 Å². The van der Waals surface area contributed by atoms with E-state index in [4.69, 9.17) is 13.6 Å². The van der Waals surface area contributed by atoms with Gasteiger partial charge in [-0.05, 0) is 25.8 Å². The smallest absolute Gasteiger partial charge is 0.377 e. The summed E-state index contributed by atoms with van der Waals surface area (Å²) in [6, 6.07) is 0. The van der Waals surface area contributed by atoms with Crippen LogP contribution in [-0.2, 0) is 18.4 Å². The van der Waals surface area contributed by atoms with Crippen molar-refractivity contribution in [2.24, 2.45) is 0 Å². The predicted octanol–water partition coefficient (Wildman–Crippen LogP) is 2.96. The zero-order valence-corrected chi connectivity index (χ0v) is 13.0. The zero-order valence-electron chi connectivity index (χ0n) is 12.0. The van der Waals surface area contributed by atoms with E-state index in [0.29, 0.717) is 19.6 Å². The quantitative estimate of drug-likeness (QED) is 0.349. The second-order valence-corrected chi connectivity index (χ2v) is 7.50. The van der Waals surface area contributed by atoms with Crippen LogP contribution in [0.25, 0.3) is 0 Å². The molecule has 106 valence electrons. The fraction of sp³-hybridized carbons (Fsp3) is 0.769. The monoisotopic (exact) mass is 274 g/mol. The Hall–Kier alpha value is -0.653. The van der Waals surface area contributed by atoms with Crippen LogP contribution in [0.2, 0.25) is 6.55 Å². The summed E-state index contributed by atoms with van der Waals surface area (Å²) in [6.45, 7) is 12.7. The lowest BCUT2D eigenvalue weighted by Crippen LogP contribution is -2.53. The number of carbonyl (C=O) groups is 1. The fourth-order valence-electron chi connectivity index (χ4n) is 1.59. The molecule has 0 aliphatic heterocycles. The van der Waals surface area contributed by atoms with Crippen LogP contribution in [0.15, 0.2) is 12.7 Å². The fourth-order valence-corrected chi connectivity index (χ4v) is 4.33. The van der Waals surface area contributed by atoms with Gasteiger partial charge in [-0.2, -0.15) is 0 Å². The summed E-state index contributed by atoms with van der Waals surface area (Å²) in [5.41, 5.74) is -0.291. The highest BCUT2D eigenvalue weighted by Crippen LogP contribution is 2.20. The Labute approximate surface area is 112 Å². The second-order valence-electron chi connectivity index (χ2n) is 4.25. The maximum absolute atomic E-state index is 11.3. The molecule has 0 saturated heterocycles. The average molecular weight is 274 g/mol. The lowest BCUT2D eigenvalue weighted by molar-refractivity contribution is -0.141. The van der Waals surface area contributed by atoms with Crippen molar-refractivity contribution in [1.82, 2.24) is 0 Å². The Bertz CT molecular complexity index is 247. The lowest BCUT2D eigenvalue weighted by Gasteiger charge is -2.33. The summed E-state index contributed by atoms with van der Waals surface area (Å²) < 4.78 is 17.1. The first kappa shape index (κ1) is 17.3. The van der Waals surface area contributed by atoms with Crippen LogP contribution < -0.4 is 0 Å². The average Bonchev–Trinajstić information content (AvgIpc) is 2.39. The molecule has 0 spiro atoms. The second kappa shape index (κ2) is 9.30. The molecule has 0 aliphatic carbocycles. The van der Waals surface area contributed by atoms with Crippen molar-refractivity contribution < 1.29 is 18.4 Å². The first-order valence-corrected chi connectivity index (χ1v) is 9.04. The molecule has 0 amide bonds. The minimum Gasteiger partial charge on any atom is -0.457 e. The normalized spacial score (nSPS) is 13.1. The van der Waals surface area contributed by atoms with Crippen LogP contribution in [0, 0.1) is 0 Å². The summed E-state index contributed by atoms with van der Waals surface area (Å²) >= 11 is 0. The summed E-state index contributed by atoms with van der Waals surface area (Å²) in [4.78, 5) is 11.3. The molecule has 0 heterocycles. The molecule has 5 heteroatoms. The van der Waals surface area contributed by atoms with E-state index in [9.17, 15) is 4.79 Å². The molecule has 0 rings (SSSR count). The molecule has 0 saturated carbocycles. The van der Waals surface area contributed by atoms with Crippen LogP contribution in [0.1, 0.15) is 40.0 Å². The van der Waals surface area contributed by atoms with Crippen molar-refractivity contribution in [3.8, 4) is 0 Å². The van der Waals surface area contributed by atoms with Gasteiger partial charge in [-0.1, -0.05) is 27.4 Å². The summed E-state index contributed by atoms with van der Waals surface area (Å²) in [7, 11) is -2.49. The predicted molar refractivity (Wildman–Crippen MR) is 74.5 cm³/mol. The number of esters is 1. The number of carbonyl (C=O) groups excluding carboxylic acids is 1. The standard InChI is InChI=1S/C13H26O4Si/c1-6-10-15-18(5,16-11-7-2)13(9-4)17-12(14)8-3/h8,13H,3,6-7,9-11H2,1-2,4-5H3. The van der Waals surface area contributed by atoms with Gasteiger partial charge in [0.2, 0.25) is 0 Å². The first-order valence-electron chi connectivity index (χ1n) is 6.64. The third-order valence-electron chi connectivity index (χ3n) is 2.57. The van der Waals surface area contributed by atoms with E-state index in [0.717, 1.165) is 12.8 Å². The summed E-state index contributed by atoms with van der Waals surface area (Å²) in [6.07, 6.45) is 3.71. The SMILES string of the molecule is C=CC(=O)OC(CC)[Si](C)(OCCC)OCCC. The van der Waals surface area contributed by atoms with Crippen molar-refractivity contribution in [3.63, 3.8) is 0 Å². The van der Waals surface area contributed by atoms with E-state index in [1.165, 1.54) is 6.08 Å². The van der Waals surface area contributed by atoms with Gasteiger partial charge in [-0.3, -0.25) is 0 Å². The van der Waals surface area contributed by atoms with Crippen LogP contribution in [-0.4, -0.2) is 33.5 Å². The molecule has 0 radical (unpaired) electrons. The number of ether oxygens (including phenoxy) is 1. The largest absolute Gasteiger partial charge is 0.457 e. The molecule has 0 bridgehead atoms. The van der Waals surface area contributed by atoms with Gasteiger partial charge >= 0.3 is 14.5 Å². The minimum atomic E-state index is -2.49. The highest BCUT2D eigenvalue weighted by molar-refractivity contribution is 6.67. The third-order valence-corrected chi connectivity index (χ3v) is 5.82. The van der Waals surface area contributed by atoms with Crippen LogP contribution in [0.3, 0.4) is 0 Å². The van der Waals surface area contributed by atoms with Gasteiger partial charge in [-0.15, -0.1) is 0 Å². The van der Waals surface area contributed by atoms with E-state index < -0.39 is 14.5 Å². The van der Waals surface area contributed by atoms with E-state index in [1.54, 1.807) is 0 Å². The maximum Gasteiger partial charge on any atom is 0.377 e. The van der Waals surface area contributed by atoms with Gasteiger partial charge in [0.05, 0.1) is 0 Å². The molecule has 1 atom stereocenters. The van der Waals surface area contributed by atoms with Crippen LogP contribution >= 0.6 is 0 Å². The van der Waals surface area contributed by atoms with E-state index in [2.05, 4.69) is 6.58 Å². The molecule has 0 aromatic carbocycles. The van der Waals surface area contributed by atoms with Gasteiger partial charge in [0.15, 0.2) is 0 Å². The topological polar surface area (TPSA) is 44.8 Å².